The summed E-state index contributed by atoms with van der Waals surface area (Å²) in [5.74, 6) is 0.492. The molecule has 0 bridgehead atoms. The van der Waals surface area contributed by atoms with Crippen molar-refractivity contribution < 1.29 is 20.8 Å². The van der Waals surface area contributed by atoms with Crippen molar-refractivity contribution in [3.8, 4) is 0 Å². The summed E-state index contributed by atoms with van der Waals surface area (Å²) in [6.07, 6.45) is 9.87. The van der Waals surface area contributed by atoms with E-state index in [1.165, 1.54) is 31.0 Å². The van der Waals surface area contributed by atoms with Crippen LogP contribution in [-0.2, 0) is 40.8 Å². The van der Waals surface area contributed by atoms with Crippen molar-refractivity contribution in [2.24, 2.45) is 0 Å². The molecule has 0 radical (unpaired) electrons. The quantitative estimate of drug-likeness (QED) is 0.192. The Bertz CT molecular complexity index is 849. The first-order valence-electron chi connectivity index (χ1n) is 7.62. The maximum absolute atomic E-state index is 4.93. The van der Waals surface area contributed by atoms with E-state index in [0.717, 1.165) is 6.42 Å². The van der Waals surface area contributed by atoms with Crippen LogP contribution in [0.3, 0.4) is 0 Å². The van der Waals surface area contributed by atoms with Gasteiger partial charge in [0.2, 0.25) is 0 Å². The van der Waals surface area contributed by atoms with E-state index in [0.29, 0.717) is 5.92 Å². The predicted molar refractivity (Wildman–Crippen MR) is 119 cm³/mol. The smallest absolute Gasteiger partial charge is 0.0528 e. The molecule has 0 spiro atoms. The van der Waals surface area contributed by atoms with Gasteiger partial charge in [-0.3, -0.25) is 0 Å². The molecule has 0 aromatic heterocycles. The molecule has 2 aliphatic carbocycles. The van der Waals surface area contributed by atoms with Crippen molar-refractivity contribution in [3.05, 3.63) is 91.7 Å². The van der Waals surface area contributed by atoms with Gasteiger partial charge in [0.15, 0.2) is 0 Å². The van der Waals surface area contributed by atoms with Crippen molar-refractivity contribution in [2.75, 3.05) is 0 Å². The summed E-state index contributed by atoms with van der Waals surface area (Å²) >= 11 is 4.50. The Morgan fingerprint density at radius 3 is 2.54 bits per heavy atom. The van der Waals surface area contributed by atoms with Crippen molar-refractivity contribution in [1.29, 1.82) is 0 Å². The van der Waals surface area contributed by atoms with Crippen LogP contribution < -0.4 is 0 Å². The second kappa shape index (κ2) is 11.3. The van der Waals surface area contributed by atoms with Crippen LogP contribution >= 0.6 is 44.7 Å². The fourth-order valence-electron chi connectivity index (χ4n) is 2.91. The number of hydrogen-bond donors (Lipinski definition) is 0. The minimum Gasteiger partial charge on any atom is -0.813 e. The summed E-state index contributed by atoms with van der Waals surface area (Å²) in [5.41, 5.74) is 5.31. The minimum absolute atomic E-state index is 0. The van der Waals surface area contributed by atoms with Crippen LogP contribution in [0.4, 0.5) is 0 Å². The molecule has 0 nitrogen and oxygen atoms in total. The molecule has 26 heavy (non-hydrogen) atoms. The summed E-state index contributed by atoms with van der Waals surface area (Å²) in [5, 5.41) is 0. The Morgan fingerprint density at radius 2 is 1.81 bits per heavy atom. The number of thiol groups is 1. The van der Waals surface area contributed by atoms with Crippen LogP contribution in [0.1, 0.15) is 28.2 Å². The van der Waals surface area contributed by atoms with E-state index in [1.807, 2.05) is 30.0 Å². The van der Waals surface area contributed by atoms with Crippen LogP contribution in [-0.4, -0.2) is 0 Å². The zero-order chi connectivity index (χ0) is 17.6. The third-order valence-corrected chi connectivity index (χ3v) is 5.65. The first-order chi connectivity index (χ1) is 12.2. The molecular weight excluding hydrogens is 546 g/mol. The SMILES string of the molecule is BrC1=CC2C(=Cc3[c-]cccc32)S1.[Cl][Zr][Cl].[SH-].[c-]1cccc2c1C=CC2. The standard InChI is InChI=1S/C11H6BrS.C9H7.2ClH.H2S.Zr/c12-11-6-9-8-4-2-1-3-7(8)5-10(9)13-11;1-2-5-9-7-3-6-8(9)4-1;;;;/h1-2,4-6,9H;1-4,7H,6H2;2*1H;1H2;/q2*-1;;;;+2/p-3. The average Bonchev–Trinajstić information content (AvgIpc) is 3.29. The van der Waals surface area contributed by atoms with Gasteiger partial charge in [-0.15, -0.1) is 89.0 Å². The summed E-state index contributed by atoms with van der Waals surface area (Å²) in [6, 6.07) is 18.8. The van der Waals surface area contributed by atoms with E-state index in [1.54, 1.807) is 0 Å². The number of rotatable bonds is 0. The third-order valence-electron chi connectivity index (χ3n) is 3.96. The van der Waals surface area contributed by atoms with E-state index >= 15 is 0 Å². The molecule has 0 fully saturated rings. The molecule has 3 aliphatic rings. The molecule has 134 valence electrons. The van der Waals surface area contributed by atoms with E-state index in [2.05, 4.69) is 70.6 Å². The third kappa shape index (κ3) is 5.66. The largest absolute Gasteiger partial charge is 0.813 e. The van der Waals surface area contributed by atoms with Crippen molar-refractivity contribution in [1.82, 2.24) is 0 Å². The molecule has 1 aliphatic heterocycles. The van der Waals surface area contributed by atoms with Gasteiger partial charge >= 0.3 is 37.9 Å². The number of halogens is 3. The Balaban J connectivity index is 0.000000165. The van der Waals surface area contributed by atoms with Crippen LogP contribution in [0, 0.1) is 12.1 Å². The van der Waals surface area contributed by atoms with E-state index in [9.17, 15) is 0 Å². The number of allylic oxidation sites excluding steroid dienone is 3. The molecular formula is C20H14BrCl2S2Zr-3. The predicted octanol–water partition coefficient (Wildman–Crippen LogP) is 7.07. The van der Waals surface area contributed by atoms with E-state index < -0.39 is 20.8 Å². The molecule has 6 heteroatoms. The molecule has 1 atom stereocenters. The van der Waals surface area contributed by atoms with Crippen LogP contribution in [0.25, 0.3) is 12.2 Å². The van der Waals surface area contributed by atoms with Crippen LogP contribution in [0.15, 0.2) is 57.3 Å². The molecule has 2 aromatic rings. The van der Waals surface area contributed by atoms with Gasteiger partial charge in [-0.25, -0.2) is 0 Å². The first kappa shape index (κ1) is 22.6. The summed E-state index contributed by atoms with van der Waals surface area (Å²) in [7, 11) is 9.87. The fourth-order valence-corrected chi connectivity index (χ4v) is 4.66. The molecule has 0 saturated carbocycles. The molecule has 1 heterocycles. The molecule has 2 aromatic carbocycles. The molecule has 1 unspecified atom stereocenters. The zero-order valence-electron chi connectivity index (χ0n) is 13.5. The van der Waals surface area contributed by atoms with E-state index in [4.69, 9.17) is 17.0 Å². The van der Waals surface area contributed by atoms with Gasteiger partial charge in [-0.2, -0.15) is 0 Å². The summed E-state index contributed by atoms with van der Waals surface area (Å²) < 4.78 is 1.23. The zero-order valence-corrected chi connectivity index (χ0v) is 20.8. The Morgan fingerprint density at radius 1 is 1.12 bits per heavy atom. The number of benzene rings is 2. The van der Waals surface area contributed by atoms with Crippen molar-refractivity contribution >= 4 is 70.4 Å². The van der Waals surface area contributed by atoms with Gasteiger partial charge in [-0.05, 0) is 26.8 Å². The van der Waals surface area contributed by atoms with Gasteiger partial charge in [0, 0.05) is 0 Å². The number of thioether (sulfide) groups is 1. The van der Waals surface area contributed by atoms with Crippen LogP contribution in [0.2, 0.25) is 0 Å². The Kier molecular flexibility index (Phi) is 9.85. The second-order valence-electron chi connectivity index (χ2n) is 5.42. The first-order valence-corrected chi connectivity index (χ1v) is 15.6. The topological polar surface area (TPSA) is 0 Å². The molecule has 0 amide bonds. The second-order valence-corrected chi connectivity index (χ2v) is 11.6. The Hall–Kier alpha value is 0.303. The number of hydrogen-bond acceptors (Lipinski definition) is 2. The number of fused-ring (bicyclic) bond motifs is 4. The van der Waals surface area contributed by atoms with Gasteiger partial charge < -0.3 is 13.5 Å². The summed E-state index contributed by atoms with van der Waals surface area (Å²) in [6.45, 7) is 0. The maximum Gasteiger partial charge on any atom is -0.0528 e. The van der Waals surface area contributed by atoms with Gasteiger partial charge in [0.05, 0.1) is 3.81 Å². The van der Waals surface area contributed by atoms with E-state index in [-0.39, 0.29) is 13.5 Å². The monoisotopic (exact) mass is 557 g/mol. The average molecular weight is 560 g/mol. The molecule has 5 rings (SSSR count). The molecule has 0 N–H and O–H groups in total. The van der Waals surface area contributed by atoms with Gasteiger partial charge in [0.25, 0.3) is 0 Å². The maximum atomic E-state index is 4.93. The normalized spacial score (nSPS) is 17.1. The Labute approximate surface area is 193 Å². The van der Waals surface area contributed by atoms with Gasteiger partial charge in [0.1, 0.15) is 0 Å². The van der Waals surface area contributed by atoms with Crippen LogP contribution in [0.5, 0.6) is 0 Å². The van der Waals surface area contributed by atoms with Crippen molar-refractivity contribution in [3.63, 3.8) is 0 Å². The molecule has 0 saturated heterocycles. The summed E-state index contributed by atoms with van der Waals surface area (Å²) in [4.78, 5) is 1.42. The fraction of sp³-hybridized carbons (Fsp3) is 0.100. The van der Waals surface area contributed by atoms with Crippen molar-refractivity contribution in [2.45, 2.75) is 12.3 Å². The minimum atomic E-state index is -0.826. The van der Waals surface area contributed by atoms with Gasteiger partial charge in [-0.1, -0.05) is 24.3 Å².